The number of anilines is 1. The summed E-state index contributed by atoms with van der Waals surface area (Å²) in [6.45, 7) is 1.74. The average molecular weight is 241 g/mol. The van der Waals surface area contributed by atoms with Gasteiger partial charge in [0.2, 0.25) is 0 Å². The highest BCUT2D eigenvalue weighted by molar-refractivity contribution is 5.82. The Morgan fingerprint density at radius 1 is 1.22 bits per heavy atom. The molecule has 6 nitrogen and oxygen atoms in total. The van der Waals surface area contributed by atoms with Gasteiger partial charge in [-0.15, -0.1) is 0 Å². The van der Waals surface area contributed by atoms with Crippen LogP contribution in [0.5, 0.6) is 0 Å². The zero-order valence-corrected chi connectivity index (χ0v) is 9.71. The van der Waals surface area contributed by atoms with Gasteiger partial charge < -0.3 is 10.7 Å². The zero-order chi connectivity index (χ0) is 12.7. The lowest BCUT2D eigenvalue weighted by Gasteiger charge is -2.03. The molecule has 0 unspecified atom stereocenters. The monoisotopic (exact) mass is 241 g/mol. The molecule has 2 aromatic heterocycles. The summed E-state index contributed by atoms with van der Waals surface area (Å²) >= 11 is 0. The second kappa shape index (κ2) is 3.69. The second-order valence-corrected chi connectivity index (χ2v) is 3.96. The maximum atomic E-state index is 12.0. The molecule has 3 aromatic rings. The molecule has 0 atom stereocenters. The van der Waals surface area contributed by atoms with E-state index in [-0.39, 0.29) is 11.5 Å². The van der Waals surface area contributed by atoms with Crippen LogP contribution in [-0.2, 0) is 0 Å². The summed E-state index contributed by atoms with van der Waals surface area (Å²) in [4.78, 5) is 23.0. The standard InChI is InChI=1S/C12H11N5O/c1-7-14-10(13)9-11(15-7)17(12(18)16-9)8-5-3-2-4-6-8/h2-6H,1H3,(H,16,18)(H2,13,14,15). The highest BCUT2D eigenvalue weighted by Crippen LogP contribution is 2.17. The van der Waals surface area contributed by atoms with Gasteiger partial charge in [-0.2, -0.15) is 0 Å². The Bertz CT molecular complexity index is 772. The lowest BCUT2D eigenvalue weighted by molar-refractivity contribution is 0.985. The van der Waals surface area contributed by atoms with E-state index >= 15 is 0 Å². The molecular formula is C12H11N5O. The van der Waals surface area contributed by atoms with Gasteiger partial charge >= 0.3 is 5.69 Å². The number of aryl methyl sites for hydroxylation is 1. The number of hydrogen-bond donors (Lipinski definition) is 2. The average Bonchev–Trinajstić information content (AvgIpc) is 2.67. The molecule has 0 bridgehead atoms. The molecule has 0 spiro atoms. The molecule has 3 N–H and O–H groups in total. The molecule has 0 radical (unpaired) electrons. The van der Waals surface area contributed by atoms with Crippen LogP contribution in [0.4, 0.5) is 5.82 Å². The van der Waals surface area contributed by atoms with Crippen molar-refractivity contribution in [3.8, 4) is 5.69 Å². The van der Waals surface area contributed by atoms with E-state index in [2.05, 4.69) is 15.0 Å². The SMILES string of the molecule is Cc1nc(N)c2[nH]c(=O)n(-c3ccccc3)c2n1. The first-order chi connectivity index (χ1) is 8.66. The topological polar surface area (TPSA) is 89.6 Å². The van der Waals surface area contributed by atoms with E-state index < -0.39 is 0 Å². The van der Waals surface area contributed by atoms with Gasteiger partial charge in [-0.1, -0.05) is 18.2 Å². The summed E-state index contributed by atoms with van der Waals surface area (Å²) in [6, 6.07) is 9.28. The molecule has 0 fully saturated rings. The number of para-hydroxylation sites is 1. The van der Waals surface area contributed by atoms with E-state index in [9.17, 15) is 4.79 Å². The number of nitrogens with two attached hydrogens (primary N) is 1. The van der Waals surface area contributed by atoms with Crippen molar-refractivity contribution in [3.63, 3.8) is 0 Å². The van der Waals surface area contributed by atoms with E-state index in [1.807, 2.05) is 30.3 Å². The normalized spacial score (nSPS) is 10.9. The Labute approximate surface area is 102 Å². The third kappa shape index (κ3) is 1.46. The first kappa shape index (κ1) is 10.5. The van der Waals surface area contributed by atoms with Gasteiger partial charge in [0.25, 0.3) is 0 Å². The molecule has 6 heteroatoms. The van der Waals surface area contributed by atoms with E-state index in [1.165, 1.54) is 4.57 Å². The fraction of sp³-hybridized carbons (Fsp3) is 0.0833. The number of nitrogens with one attached hydrogen (secondary N) is 1. The Morgan fingerprint density at radius 3 is 2.67 bits per heavy atom. The van der Waals surface area contributed by atoms with Crippen LogP contribution in [0.3, 0.4) is 0 Å². The van der Waals surface area contributed by atoms with Crippen LogP contribution in [-0.4, -0.2) is 19.5 Å². The summed E-state index contributed by atoms with van der Waals surface area (Å²) in [5, 5.41) is 0. The minimum absolute atomic E-state index is 0.275. The van der Waals surface area contributed by atoms with E-state index in [0.717, 1.165) is 5.69 Å². The van der Waals surface area contributed by atoms with Crippen LogP contribution in [0.25, 0.3) is 16.9 Å². The molecule has 0 aliphatic rings. The fourth-order valence-corrected chi connectivity index (χ4v) is 1.94. The van der Waals surface area contributed by atoms with Crippen molar-refractivity contribution >= 4 is 17.0 Å². The van der Waals surface area contributed by atoms with Gasteiger partial charge in [-0.05, 0) is 19.1 Å². The lowest BCUT2D eigenvalue weighted by atomic mass is 10.3. The van der Waals surface area contributed by atoms with Gasteiger partial charge in [-0.3, -0.25) is 0 Å². The van der Waals surface area contributed by atoms with E-state index in [1.54, 1.807) is 6.92 Å². The number of rotatable bonds is 1. The molecule has 0 aliphatic heterocycles. The van der Waals surface area contributed by atoms with Crippen LogP contribution in [0.2, 0.25) is 0 Å². The van der Waals surface area contributed by atoms with Gasteiger partial charge in [0.1, 0.15) is 11.3 Å². The molecule has 0 saturated carbocycles. The number of benzene rings is 1. The van der Waals surface area contributed by atoms with Crippen molar-refractivity contribution in [2.75, 3.05) is 5.73 Å². The zero-order valence-electron chi connectivity index (χ0n) is 9.71. The molecular weight excluding hydrogens is 230 g/mol. The quantitative estimate of drug-likeness (QED) is 0.665. The number of aromatic amines is 1. The van der Waals surface area contributed by atoms with E-state index in [4.69, 9.17) is 5.73 Å². The smallest absolute Gasteiger partial charge is 0.332 e. The maximum Gasteiger partial charge on any atom is 0.332 e. The van der Waals surface area contributed by atoms with Crippen LogP contribution in [0.1, 0.15) is 5.82 Å². The van der Waals surface area contributed by atoms with Gasteiger partial charge in [0.15, 0.2) is 11.5 Å². The van der Waals surface area contributed by atoms with Gasteiger partial charge in [0, 0.05) is 0 Å². The fourth-order valence-electron chi connectivity index (χ4n) is 1.94. The minimum Gasteiger partial charge on any atom is -0.382 e. The van der Waals surface area contributed by atoms with Crippen molar-refractivity contribution in [2.45, 2.75) is 6.92 Å². The van der Waals surface area contributed by atoms with Crippen LogP contribution < -0.4 is 11.4 Å². The highest BCUT2D eigenvalue weighted by Gasteiger charge is 2.13. The third-order valence-electron chi connectivity index (χ3n) is 2.69. The van der Waals surface area contributed by atoms with Crippen molar-refractivity contribution < 1.29 is 0 Å². The minimum atomic E-state index is -0.275. The van der Waals surface area contributed by atoms with Gasteiger partial charge in [0.05, 0.1) is 5.69 Å². The summed E-state index contributed by atoms with van der Waals surface area (Å²) in [6.07, 6.45) is 0. The summed E-state index contributed by atoms with van der Waals surface area (Å²) in [5.41, 5.74) is 7.21. The largest absolute Gasteiger partial charge is 0.382 e. The van der Waals surface area contributed by atoms with Crippen LogP contribution in [0.15, 0.2) is 35.1 Å². The molecule has 0 amide bonds. The number of aromatic nitrogens is 4. The second-order valence-electron chi connectivity index (χ2n) is 3.96. The Kier molecular flexibility index (Phi) is 2.16. The maximum absolute atomic E-state index is 12.0. The van der Waals surface area contributed by atoms with Crippen LogP contribution >= 0.6 is 0 Å². The lowest BCUT2D eigenvalue weighted by Crippen LogP contribution is -2.14. The summed E-state index contributed by atoms with van der Waals surface area (Å²) in [5.74, 6) is 0.813. The molecule has 90 valence electrons. The molecule has 18 heavy (non-hydrogen) atoms. The molecule has 1 aromatic carbocycles. The summed E-state index contributed by atoms with van der Waals surface area (Å²) in [7, 11) is 0. The first-order valence-corrected chi connectivity index (χ1v) is 5.47. The number of H-pyrrole nitrogens is 1. The predicted molar refractivity (Wildman–Crippen MR) is 68.6 cm³/mol. The molecule has 0 aliphatic carbocycles. The molecule has 3 rings (SSSR count). The Hall–Kier alpha value is -2.63. The Balaban J connectivity index is 2.43. The van der Waals surface area contributed by atoms with Crippen molar-refractivity contribution in [1.29, 1.82) is 0 Å². The van der Waals surface area contributed by atoms with Crippen molar-refractivity contribution in [2.24, 2.45) is 0 Å². The molecule has 0 saturated heterocycles. The Morgan fingerprint density at radius 2 is 1.94 bits per heavy atom. The highest BCUT2D eigenvalue weighted by atomic mass is 16.1. The predicted octanol–water partition coefficient (Wildman–Crippen LogP) is 0.999. The van der Waals surface area contributed by atoms with Crippen molar-refractivity contribution in [3.05, 3.63) is 46.6 Å². The number of fused-ring (bicyclic) bond motifs is 1. The molecule has 2 heterocycles. The first-order valence-electron chi connectivity index (χ1n) is 5.47. The van der Waals surface area contributed by atoms with Crippen LogP contribution in [0, 0.1) is 6.92 Å². The number of hydrogen-bond acceptors (Lipinski definition) is 4. The summed E-state index contributed by atoms with van der Waals surface area (Å²) < 4.78 is 1.49. The van der Waals surface area contributed by atoms with Gasteiger partial charge in [-0.25, -0.2) is 19.3 Å². The third-order valence-corrected chi connectivity index (χ3v) is 2.69. The van der Waals surface area contributed by atoms with Crippen molar-refractivity contribution in [1.82, 2.24) is 19.5 Å². The van der Waals surface area contributed by atoms with E-state index in [0.29, 0.717) is 17.0 Å². The number of nitrogens with zero attached hydrogens (tertiary/aromatic N) is 3. The number of nitrogen functional groups attached to an aromatic ring is 1. The number of imidazole rings is 1.